The summed E-state index contributed by atoms with van der Waals surface area (Å²) in [4.78, 5) is 23.7. The van der Waals surface area contributed by atoms with Crippen LogP contribution in [0.5, 0.6) is 5.75 Å². The van der Waals surface area contributed by atoms with Crippen molar-refractivity contribution in [2.75, 3.05) is 25.5 Å². The summed E-state index contributed by atoms with van der Waals surface area (Å²) < 4.78 is 5.40. The van der Waals surface area contributed by atoms with Gasteiger partial charge in [0.15, 0.2) is 6.54 Å². The van der Waals surface area contributed by atoms with Crippen LogP contribution in [0.1, 0.15) is 12.5 Å². The minimum Gasteiger partial charge on any atom is -0.494 e. The molecule has 0 saturated carbocycles. The number of nitrogens with one attached hydrogen (secondary N) is 2. The molecule has 0 spiro atoms. The van der Waals surface area contributed by atoms with Gasteiger partial charge < -0.3 is 15.0 Å². The van der Waals surface area contributed by atoms with Gasteiger partial charge in [0.1, 0.15) is 18.0 Å². The summed E-state index contributed by atoms with van der Waals surface area (Å²) in [7, 11) is 1.88. The Balaban J connectivity index is 1.94. The first-order valence-corrected chi connectivity index (χ1v) is 8.53. The Morgan fingerprint density at radius 3 is 2.58 bits per heavy atom. The fourth-order valence-corrected chi connectivity index (χ4v) is 2.68. The van der Waals surface area contributed by atoms with Crippen LogP contribution < -0.4 is 15.0 Å². The smallest absolute Gasteiger partial charge is 0.294 e. The van der Waals surface area contributed by atoms with Gasteiger partial charge in [0, 0.05) is 16.7 Å². The minimum atomic E-state index is -0.571. The quantitative estimate of drug-likeness (QED) is 0.545. The van der Waals surface area contributed by atoms with Crippen LogP contribution in [0, 0.1) is 10.1 Å². The van der Waals surface area contributed by atoms with Crippen molar-refractivity contribution in [3.05, 3.63) is 63.2 Å². The standard InChI is InChI=1S/C18H20ClN3O4/c1-3-26-15-7-4-13(5-8-15)11-21(2)12-18(23)20-16-9-6-14(19)10-17(16)22(24)25/h4-10H,3,11-12H2,1-2H3,(H,20,23)/p+1. The lowest BCUT2D eigenvalue weighted by Gasteiger charge is -2.14. The van der Waals surface area contributed by atoms with Gasteiger partial charge in [-0.1, -0.05) is 11.6 Å². The number of nitrogens with zero attached hydrogens (tertiary/aromatic N) is 1. The third-order valence-corrected chi connectivity index (χ3v) is 3.87. The molecule has 0 heterocycles. The summed E-state index contributed by atoms with van der Waals surface area (Å²) in [5, 5.41) is 13.9. The van der Waals surface area contributed by atoms with Gasteiger partial charge in [-0.15, -0.1) is 0 Å². The highest BCUT2D eigenvalue weighted by Crippen LogP contribution is 2.27. The van der Waals surface area contributed by atoms with Crippen molar-refractivity contribution in [3.63, 3.8) is 0 Å². The molecule has 0 saturated heterocycles. The summed E-state index contributed by atoms with van der Waals surface area (Å²) in [6.07, 6.45) is 0. The van der Waals surface area contributed by atoms with Crippen molar-refractivity contribution in [2.24, 2.45) is 0 Å². The normalized spacial score (nSPS) is 11.7. The Morgan fingerprint density at radius 1 is 1.27 bits per heavy atom. The van der Waals surface area contributed by atoms with Crippen LogP contribution in [0.3, 0.4) is 0 Å². The van der Waals surface area contributed by atoms with E-state index in [1.54, 1.807) is 0 Å². The molecule has 2 aromatic carbocycles. The van der Waals surface area contributed by atoms with Gasteiger partial charge in [0.05, 0.1) is 18.6 Å². The van der Waals surface area contributed by atoms with E-state index in [9.17, 15) is 14.9 Å². The molecule has 7 nitrogen and oxygen atoms in total. The highest BCUT2D eigenvalue weighted by Gasteiger charge is 2.18. The highest BCUT2D eigenvalue weighted by molar-refractivity contribution is 6.31. The molecule has 26 heavy (non-hydrogen) atoms. The van der Waals surface area contributed by atoms with Crippen molar-refractivity contribution in [2.45, 2.75) is 13.5 Å². The summed E-state index contributed by atoms with van der Waals surface area (Å²) in [5.41, 5.74) is 0.976. The van der Waals surface area contributed by atoms with Crippen molar-refractivity contribution in [1.29, 1.82) is 0 Å². The molecule has 0 fully saturated rings. The monoisotopic (exact) mass is 378 g/mol. The predicted octanol–water partition coefficient (Wildman–Crippen LogP) is 2.30. The molecular weight excluding hydrogens is 358 g/mol. The lowest BCUT2D eigenvalue weighted by Crippen LogP contribution is -3.08. The summed E-state index contributed by atoms with van der Waals surface area (Å²) in [6.45, 7) is 3.35. The Labute approximate surface area is 156 Å². The number of benzene rings is 2. The predicted molar refractivity (Wildman–Crippen MR) is 99.8 cm³/mol. The Morgan fingerprint density at radius 2 is 1.96 bits per heavy atom. The van der Waals surface area contributed by atoms with Gasteiger partial charge in [-0.25, -0.2) is 0 Å². The average molecular weight is 379 g/mol. The molecular formula is C18H21ClN3O4+. The number of hydrogen-bond acceptors (Lipinski definition) is 4. The largest absolute Gasteiger partial charge is 0.494 e. The number of carbonyl (C=O) groups is 1. The van der Waals surface area contributed by atoms with Crippen molar-refractivity contribution in [1.82, 2.24) is 0 Å². The second-order valence-corrected chi connectivity index (χ2v) is 6.29. The van der Waals surface area contributed by atoms with Gasteiger partial charge >= 0.3 is 0 Å². The molecule has 138 valence electrons. The zero-order chi connectivity index (χ0) is 19.1. The zero-order valence-corrected chi connectivity index (χ0v) is 15.4. The van der Waals surface area contributed by atoms with E-state index in [-0.39, 0.29) is 28.8 Å². The molecule has 0 aliphatic rings. The Bertz CT molecular complexity index is 781. The maximum atomic E-state index is 12.2. The summed E-state index contributed by atoms with van der Waals surface area (Å²) in [5.74, 6) is 0.501. The average Bonchev–Trinajstić information content (AvgIpc) is 2.58. The van der Waals surface area contributed by atoms with E-state index in [0.29, 0.717) is 13.2 Å². The number of amides is 1. The topological polar surface area (TPSA) is 85.9 Å². The number of quaternary nitrogens is 1. The minimum absolute atomic E-state index is 0.137. The Hall–Kier alpha value is -2.64. The van der Waals surface area contributed by atoms with Crippen LogP contribution in [0.15, 0.2) is 42.5 Å². The fraction of sp³-hybridized carbons (Fsp3) is 0.278. The lowest BCUT2D eigenvalue weighted by atomic mass is 10.2. The van der Waals surface area contributed by atoms with Crippen molar-refractivity contribution in [3.8, 4) is 5.75 Å². The third kappa shape index (κ3) is 5.72. The van der Waals surface area contributed by atoms with Crippen LogP contribution >= 0.6 is 11.6 Å². The number of carbonyl (C=O) groups excluding carboxylic acids is 1. The maximum Gasteiger partial charge on any atom is 0.294 e. The number of hydrogen-bond donors (Lipinski definition) is 2. The van der Waals surface area contributed by atoms with E-state index in [4.69, 9.17) is 16.3 Å². The molecule has 8 heteroatoms. The molecule has 0 aliphatic carbocycles. The number of nitro groups is 1. The SMILES string of the molecule is CCOc1ccc(C[NH+](C)CC(=O)Nc2ccc(Cl)cc2[N+](=O)[O-])cc1. The van der Waals surface area contributed by atoms with Crippen LogP contribution in [0.2, 0.25) is 5.02 Å². The summed E-state index contributed by atoms with van der Waals surface area (Å²) >= 11 is 5.77. The van der Waals surface area contributed by atoms with E-state index >= 15 is 0 Å². The first kappa shape index (κ1) is 19.7. The Kier molecular flexibility index (Phi) is 6.94. The second-order valence-electron chi connectivity index (χ2n) is 5.85. The molecule has 2 rings (SSSR count). The third-order valence-electron chi connectivity index (χ3n) is 3.63. The lowest BCUT2D eigenvalue weighted by molar-refractivity contribution is -0.885. The number of halogens is 1. The molecule has 0 bridgehead atoms. The van der Waals surface area contributed by atoms with Crippen molar-refractivity contribution < 1.29 is 19.4 Å². The molecule has 2 N–H and O–H groups in total. The van der Waals surface area contributed by atoms with Crippen LogP contribution in [-0.4, -0.2) is 31.0 Å². The molecule has 0 aromatic heterocycles. The molecule has 0 radical (unpaired) electrons. The fourth-order valence-electron chi connectivity index (χ4n) is 2.51. The van der Waals surface area contributed by atoms with E-state index in [0.717, 1.165) is 16.2 Å². The number of ether oxygens (including phenoxy) is 1. The first-order chi connectivity index (χ1) is 12.4. The van der Waals surface area contributed by atoms with Gasteiger partial charge in [0.2, 0.25) is 0 Å². The number of anilines is 1. The molecule has 1 unspecified atom stereocenters. The van der Waals surface area contributed by atoms with E-state index in [2.05, 4.69) is 5.32 Å². The van der Waals surface area contributed by atoms with E-state index < -0.39 is 4.92 Å². The van der Waals surface area contributed by atoms with Crippen LogP contribution in [-0.2, 0) is 11.3 Å². The highest BCUT2D eigenvalue weighted by atomic mass is 35.5. The number of rotatable bonds is 8. The van der Waals surface area contributed by atoms with E-state index in [1.165, 1.54) is 18.2 Å². The van der Waals surface area contributed by atoms with Crippen LogP contribution in [0.4, 0.5) is 11.4 Å². The maximum absolute atomic E-state index is 12.2. The summed E-state index contributed by atoms with van der Waals surface area (Å²) in [6, 6.07) is 11.8. The number of nitro benzene ring substituents is 1. The second kappa shape index (κ2) is 9.17. The molecule has 2 aromatic rings. The first-order valence-electron chi connectivity index (χ1n) is 8.16. The van der Waals surface area contributed by atoms with Crippen LogP contribution in [0.25, 0.3) is 0 Å². The molecule has 0 aliphatic heterocycles. The van der Waals surface area contributed by atoms with Gasteiger partial charge in [0.25, 0.3) is 11.6 Å². The zero-order valence-electron chi connectivity index (χ0n) is 14.6. The number of likely N-dealkylation sites (N-methyl/N-ethyl adjacent to an activating group) is 1. The van der Waals surface area contributed by atoms with Crippen molar-refractivity contribution >= 4 is 28.9 Å². The van der Waals surface area contributed by atoms with Gasteiger partial charge in [-0.05, 0) is 43.3 Å². The van der Waals surface area contributed by atoms with Gasteiger partial charge in [-0.3, -0.25) is 14.9 Å². The molecule has 1 atom stereocenters. The van der Waals surface area contributed by atoms with E-state index in [1.807, 2.05) is 38.2 Å². The van der Waals surface area contributed by atoms with Gasteiger partial charge in [-0.2, -0.15) is 0 Å². The molecule has 1 amide bonds.